The van der Waals surface area contributed by atoms with Gasteiger partial charge in [0.25, 0.3) is 5.91 Å². The van der Waals surface area contributed by atoms with E-state index in [1.807, 2.05) is 6.07 Å². The third kappa shape index (κ3) is 3.44. The molecule has 1 aliphatic carbocycles. The first-order valence-corrected chi connectivity index (χ1v) is 10.3. The molecule has 2 bridgehead atoms. The lowest BCUT2D eigenvalue weighted by Gasteiger charge is -2.35. The van der Waals surface area contributed by atoms with Gasteiger partial charge in [-0.2, -0.15) is 0 Å². The Balaban J connectivity index is 1.42. The Hall–Kier alpha value is -3.23. The highest BCUT2D eigenvalue weighted by molar-refractivity contribution is 6.05. The van der Waals surface area contributed by atoms with Crippen molar-refractivity contribution >= 4 is 29.3 Å². The van der Waals surface area contributed by atoms with Crippen LogP contribution >= 0.6 is 0 Å². The maximum absolute atomic E-state index is 13.5. The predicted molar refractivity (Wildman–Crippen MR) is 110 cm³/mol. The van der Waals surface area contributed by atoms with E-state index in [2.05, 4.69) is 25.5 Å². The van der Waals surface area contributed by atoms with E-state index in [1.54, 1.807) is 17.9 Å². The van der Waals surface area contributed by atoms with E-state index in [0.717, 1.165) is 31.5 Å². The smallest absolute Gasteiger partial charge is 0.329 e. The molecule has 4 heterocycles. The van der Waals surface area contributed by atoms with E-state index in [-0.39, 0.29) is 29.5 Å². The van der Waals surface area contributed by atoms with E-state index in [0.29, 0.717) is 30.5 Å². The summed E-state index contributed by atoms with van der Waals surface area (Å²) < 4.78 is 13.5. The number of aromatic nitrogens is 2. The number of pyridine rings is 2. The van der Waals surface area contributed by atoms with Crippen LogP contribution in [0.4, 0.5) is 26.5 Å². The number of fused-ring (bicyclic) bond motifs is 4. The fourth-order valence-corrected chi connectivity index (χ4v) is 4.03. The summed E-state index contributed by atoms with van der Waals surface area (Å²) in [5, 5.41) is 5.67. The number of aryl methyl sites for hydroxylation is 1. The van der Waals surface area contributed by atoms with Gasteiger partial charge in [-0.3, -0.25) is 15.0 Å². The minimum absolute atomic E-state index is 0.0451. The van der Waals surface area contributed by atoms with Crippen molar-refractivity contribution in [1.82, 2.24) is 15.3 Å². The SMILES string of the molecule is Cc1nc(NC(=O)N2c3nc(C(=O)NCC4CC4)ccc3N3CC[C@H]2C3)ccc1F. The van der Waals surface area contributed by atoms with E-state index < -0.39 is 5.82 Å². The molecular formula is C21H23FN6O2. The topological polar surface area (TPSA) is 90.5 Å². The summed E-state index contributed by atoms with van der Waals surface area (Å²) in [5.41, 5.74) is 1.35. The second kappa shape index (κ2) is 7.23. The van der Waals surface area contributed by atoms with Crippen LogP contribution in [-0.2, 0) is 0 Å². The molecule has 0 radical (unpaired) electrons. The van der Waals surface area contributed by atoms with Crippen molar-refractivity contribution in [2.75, 3.05) is 34.8 Å². The first-order chi connectivity index (χ1) is 14.5. The predicted octanol–water partition coefficient (Wildman–Crippen LogP) is 2.69. The van der Waals surface area contributed by atoms with Gasteiger partial charge in [-0.05, 0) is 56.4 Å². The number of halogens is 1. The van der Waals surface area contributed by atoms with Gasteiger partial charge in [-0.1, -0.05) is 0 Å². The standard InChI is InChI=1S/C21H23FN6O2/c1-12-15(22)4-7-18(24-12)26-21(30)28-14-8-9-27(11-14)17-6-5-16(25-19(17)28)20(29)23-10-13-2-3-13/h4-7,13-14H,2-3,8-11H2,1H3,(H,23,29)(H,24,26,30)/t14-/m0/s1. The Labute approximate surface area is 173 Å². The Morgan fingerprint density at radius 3 is 2.77 bits per heavy atom. The molecule has 0 aromatic carbocycles. The van der Waals surface area contributed by atoms with Crippen LogP contribution in [0.15, 0.2) is 24.3 Å². The van der Waals surface area contributed by atoms with Crippen LogP contribution in [0.2, 0.25) is 0 Å². The van der Waals surface area contributed by atoms with Gasteiger partial charge in [0.15, 0.2) is 5.82 Å². The lowest BCUT2D eigenvalue weighted by molar-refractivity contribution is 0.0947. The molecule has 1 saturated heterocycles. The Morgan fingerprint density at radius 1 is 1.17 bits per heavy atom. The van der Waals surface area contributed by atoms with Crippen LogP contribution in [0.1, 0.15) is 35.4 Å². The van der Waals surface area contributed by atoms with Crippen molar-refractivity contribution in [2.24, 2.45) is 5.92 Å². The molecule has 1 atom stereocenters. The number of hydrogen-bond donors (Lipinski definition) is 2. The third-order valence-corrected chi connectivity index (χ3v) is 5.91. The first-order valence-electron chi connectivity index (χ1n) is 10.3. The average molecular weight is 410 g/mol. The highest BCUT2D eigenvalue weighted by Crippen LogP contribution is 2.39. The lowest BCUT2D eigenvalue weighted by Crippen LogP contribution is -2.48. The molecule has 5 rings (SSSR count). The fraction of sp³-hybridized carbons (Fsp3) is 0.429. The molecule has 9 heteroatoms. The molecule has 2 N–H and O–H groups in total. The summed E-state index contributed by atoms with van der Waals surface area (Å²) in [6, 6.07) is 5.85. The molecule has 2 fully saturated rings. The molecule has 3 amide bonds. The van der Waals surface area contributed by atoms with Crippen molar-refractivity contribution in [3.8, 4) is 0 Å². The number of rotatable bonds is 4. The Morgan fingerprint density at radius 2 is 2.00 bits per heavy atom. The van der Waals surface area contributed by atoms with Crippen LogP contribution < -0.4 is 20.4 Å². The maximum Gasteiger partial charge on any atom is 0.329 e. The van der Waals surface area contributed by atoms with Crippen LogP contribution in [0.3, 0.4) is 0 Å². The first kappa shape index (κ1) is 18.8. The molecule has 1 saturated carbocycles. The molecule has 3 aliphatic rings. The lowest BCUT2D eigenvalue weighted by atomic mass is 10.1. The number of nitrogens with zero attached hydrogens (tertiary/aromatic N) is 4. The molecule has 8 nitrogen and oxygen atoms in total. The van der Waals surface area contributed by atoms with Gasteiger partial charge in [0, 0.05) is 19.6 Å². The minimum Gasteiger partial charge on any atom is -0.366 e. The number of anilines is 3. The van der Waals surface area contributed by atoms with E-state index in [9.17, 15) is 14.0 Å². The van der Waals surface area contributed by atoms with Crippen molar-refractivity contribution in [2.45, 2.75) is 32.2 Å². The fourth-order valence-electron chi connectivity index (χ4n) is 4.03. The normalized spacial score (nSPS) is 19.5. The summed E-state index contributed by atoms with van der Waals surface area (Å²) in [4.78, 5) is 38.1. The van der Waals surface area contributed by atoms with Crippen LogP contribution in [0.5, 0.6) is 0 Å². The van der Waals surface area contributed by atoms with Gasteiger partial charge in [0.2, 0.25) is 0 Å². The van der Waals surface area contributed by atoms with Gasteiger partial charge in [0.05, 0.1) is 17.4 Å². The van der Waals surface area contributed by atoms with Gasteiger partial charge in [0.1, 0.15) is 17.3 Å². The molecular weight excluding hydrogens is 387 g/mol. The number of hydrogen-bond acceptors (Lipinski definition) is 5. The molecule has 30 heavy (non-hydrogen) atoms. The highest BCUT2D eigenvalue weighted by atomic mass is 19.1. The zero-order chi connectivity index (χ0) is 20.8. The van der Waals surface area contributed by atoms with Gasteiger partial charge >= 0.3 is 6.03 Å². The van der Waals surface area contributed by atoms with E-state index in [1.165, 1.54) is 12.1 Å². The molecule has 2 aliphatic heterocycles. The van der Waals surface area contributed by atoms with Gasteiger partial charge in [-0.15, -0.1) is 0 Å². The average Bonchev–Trinajstić information content (AvgIpc) is 3.48. The Bertz CT molecular complexity index is 1020. The van der Waals surface area contributed by atoms with Gasteiger partial charge < -0.3 is 10.2 Å². The summed E-state index contributed by atoms with van der Waals surface area (Å²) in [6.45, 7) is 3.74. The largest absolute Gasteiger partial charge is 0.366 e. The van der Waals surface area contributed by atoms with Crippen molar-refractivity contribution in [1.29, 1.82) is 0 Å². The van der Waals surface area contributed by atoms with Crippen LogP contribution in [0, 0.1) is 18.7 Å². The zero-order valence-corrected chi connectivity index (χ0v) is 16.7. The molecule has 156 valence electrons. The second-order valence-electron chi connectivity index (χ2n) is 8.15. The molecule has 0 unspecified atom stereocenters. The van der Waals surface area contributed by atoms with Crippen molar-refractivity contribution in [3.63, 3.8) is 0 Å². The van der Waals surface area contributed by atoms with Gasteiger partial charge in [-0.25, -0.2) is 19.2 Å². The molecule has 0 spiro atoms. The number of nitrogens with one attached hydrogen (secondary N) is 2. The number of carbonyl (C=O) groups is 2. The number of amides is 3. The summed E-state index contributed by atoms with van der Waals surface area (Å²) in [7, 11) is 0. The third-order valence-electron chi connectivity index (χ3n) is 5.91. The quantitative estimate of drug-likeness (QED) is 0.809. The van der Waals surface area contributed by atoms with Crippen molar-refractivity contribution in [3.05, 3.63) is 41.5 Å². The maximum atomic E-state index is 13.5. The summed E-state index contributed by atoms with van der Waals surface area (Å²) in [6.07, 6.45) is 3.11. The number of carbonyl (C=O) groups excluding carboxylic acids is 2. The van der Waals surface area contributed by atoms with Crippen LogP contribution in [0.25, 0.3) is 0 Å². The van der Waals surface area contributed by atoms with E-state index >= 15 is 0 Å². The van der Waals surface area contributed by atoms with Crippen LogP contribution in [-0.4, -0.2) is 47.6 Å². The molecule has 2 aromatic heterocycles. The zero-order valence-electron chi connectivity index (χ0n) is 16.7. The Kier molecular flexibility index (Phi) is 4.52. The summed E-state index contributed by atoms with van der Waals surface area (Å²) in [5.74, 6) is 0.668. The molecule has 2 aromatic rings. The monoisotopic (exact) mass is 410 g/mol. The van der Waals surface area contributed by atoms with Crippen molar-refractivity contribution < 1.29 is 14.0 Å². The van der Waals surface area contributed by atoms with E-state index in [4.69, 9.17) is 0 Å². The number of urea groups is 1. The second-order valence-corrected chi connectivity index (χ2v) is 8.15. The highest BCUT2D eigenvalue weighted by Gasteiger charge is 2.40. The summed E-state index contributed by atoms with van der Waals surface area (Å²) >= 11 is 0. The minimum atomic E-state index is -0.425.